The average molecular weight is 568 g/mol. The number of hydrogen-bond donors (Lipinski definition) is 1. The number of carbonyl (C=O) groups excluding carboxylic acids is 1. The van der Waals surface area contributed by atoms with Gasteiger partial charge in [-0.25, -0.2) is 4.98 Å². The molecule has 1 saturated carbocycles. The van der Waals surface area contributed by atoms with E-state index in [1.54, 1.807) is 30.9 Å². The molecule has 0 bridgehead atoms. The number of rotatable bonds is 7. The number of aromatic nitrogens is 2. The fourth-order valence-corrected chi connectivity index (χ4v) is 7.17. The zero-order valence-corrected chi connectivity index (χ0v) is 24.1. The van der Waals surface area contributed by atoms with Crippen LogP contribution in [0.25, 0.3) is 16.9 Å². The van der Waals surface area contributed by atoms with Crippen LogP contribution in [0.5, 0.6) is 11.5 Å². The lowest BCUT2D eigenvalue weighted by Crippen LogP contribution is -2.43. The summed E-state index contributed by atoms with van der Waals surface area (Å²) in [6.07, 6.45) is 6.13. The number of para-hydroxylation sites is 4. The van der Waals surface area contributed by atoms with E-state index in [1.165, 1.54) is 23.7 Å². The second-order valence-corrected chi connectivity index (χ2v) is 11.6. The number of ether oxygens (including phenoxy) is 2. The van der Waals surface area contributed by atoms with Crippen molar-refractivity contribution in [1.29, 1.82) is 0 Å². The van der Waals surface area contributed by atoms with Crippen LogP contribution < -0.4 is 20.3 Å². The first-order valence-electron chi connectivity index (χ1n) is 14.0. The first kappa shape index (κ1) is 27.1. The molecule has 7 nitrogen and oxygen atoms in total. The molecule has 1 amide bonds. The highest BCUT2D eigenvalue weighted by molar-refractivity contribution is 7.99. The monoisotopic (exact) mass is 567 g/mol. The molecule has 4 aromatic rings. The fraction of sp³-hybridized carbons (Fsp3) is 0.303. The van der Waals surface area contributed by atoms with Gasteiger partial charge in [-0.3, -0.25) is 14.2 Å². The van der Waals surface area contributed by atoms with Crippen LogP contribution in [0.15, 0.2) is 82.7 Å². The molecule has 1 fully saturated rings. The molecule has 3 aromatic carbocycles. The van der Waals surface area contributed by atoms with E-state index in [2.05, 4.69) is 23.5 Å². The number of nitrogens with zero attached hydrogens (tertiary/aromatic N) is 2. The maximum Gasteiger partial charge on any atom is 0.263 e. The summed E-state index contributed by atoms with van der Waals surface area (Å²) in [5.74, 6) is 0.997. The number of benzene rings is 3. The fourth-order valence-electron chi connectivity index (χ4n) is 6.38. The van der Waals surface area contributed by atoms with Crippen molar-refractivity contribution in [3.8, 4) is 28.4 Å². The van der Waals surface area contributed by atoms with Crippen molar-refractivity contribution in [2.45, 2.75) is 49.1 Å². The van der Waals surface area contributed by atoms with E-state index in [0.717, 1.165) is 48.9 Å². The zero-order chi connectivity index (χ0) is 28.4. The van der Waals surface area contributed by atoms with Gasteiger partial charge in [0.15, 0.2) is 5.16 Å². The molecular formula is C33H33N3O4S. The standard InChI is InChI=1S/C33H33N3O4S/c1-39-26-16-8-6-14-24(26)34-28(37)21-41-32-35-30-23-13-5-4-12-22(23)20-33(18-10-3-11-19-33)29(30)31(38)36(32)25-15-7-9-17-27(25)40-2/h4-9,12-17H,3,10-11,18-21H2,1-2H3,(H,34,37). The maximum absolute atomic E-state index is 14.7. The molecule has 0 aliphatic heterocycles. The van der Waals surface area contributed by atoms with Gasteiger partial charge in [-0.1, -0.05) is 79.6 Å². The number of thioether (sulfide) groups is 1. The highest BCUT2D eigenvalue weighted by atomic mass is 32.2. The molecule has 0 radical (unpaired) electrons. The number of hydrogen-bond acceptors (Lipinski definition) is 6. The van der Waals surface area contributed by atoms with Gasteiger partial charge < -0.3 is 14.8 Å². The maximum atomic E-state index is 14.7. The van der Waals surface area contributed by atoms with Gasteiger partial charge >= 0.3 is 0 Å². The Hall–Kier alpha value is -4.04. The van der Waals surface area contributed by atoms with E-state index in [0.29, 0.717) is 28.0 Å². The Labute approximate surface area is 243 Å². The van der Waals surface area contributed by atoms with Gasteiger partial charge in [0.2, 0.25) is 5.91 Å². The van der Waals surface area contributed by atoms with Crippen LogP contribution in [0, 0.1) is 0 Å². The van der Waals surface area contributed by atoms with E-state index in [4.69, 9.17) is 14.5 Å². The van der Waals surface area contributed by atoms with Gasteiger partial charge in [-0.2, -0.15) is 0 Å². The van der Waals surface area contributed by atoms with Gasteiger partial charge in [0.1, 0.15) is 11.5 Å². The summed E-state index contributed by atoms with van der Waals surface area (Å²) in [4.78, 5) is 33.0. The third-order valence-electron chi connectivity index (χ3n) is 8.23. The molecule has 1 spiro atoms. The molecule has 8 heteroatoms. The molecular weight excluding hydrogens is 534 g/mol. The number of anilines is 1. The highest BCUT2D eigenvalue weighted by Crippen LogP contribution is 2.49. The average Bonchev–Trinajstić information content (AvgIpc) is 3.00. The largest absolute Gasteiger partial charge is 0.495 e. The molecule has 1 aromatic heterocycles. The van der Waals surface area contributed by atoms with Gasteiger partial charge in [0.25, 0.3) is 5.56 Å². The van der Waals surface area contributed by atoms with Crippen molar-refractivity contribution >= 4 is 23.4 Å². The predicted molar refractivity (Wildman–Crippen MR) is 163 cm³/mol. The minimum atomic E-state index is -0.250. The quantitative estimate of drug-likeness (QED) is 0.205. The Morgan fingerprint density at radius 2 is 1.61 bits per heavy atom. The number of carbonyl (C=O) groups is 1. The first-order valence-corrected chi connectivity index (χ1v) is 15.0. The molecule has 2 aliphatic rings. The van der Waals surface area contributed by atoms with E-state index in [9.17, 15) is 9.59 Å². The van der Waals surface area contributed by atoms with Crippen molar-refractivity contribution in [2.75, 3.05) is 25.3 Å². The van der Waals surface area contributed by atoms with E-state index < -0.39 is 0 Å². The second-order valence-electron chi connectivity index (χ2n) is 10.6. The molecule has 1 N–H and O–H groups in total. The summed E-state index contributed by atoms with van der Waals surface area (Å²) in [5, 5.41) is 3.38. The summed E-state index contributed by atoms with van der Waals surface area (Å²) in [6, 6.07) is 23.1. The lowest BCUT2D eigenvalue weighted by molar-refractivity contribution is -0.113. The molecule has 1 heterocycles. The summed E-state index contributed by atoms with van der Waals surface area (Å²) in [6.45, 7) is 0. The molecule has 0 saturated heterocycles. The van der Waals surface area contributed by atoms with Crippen LogP contribution in [0.2, 0.25) is 0 Å². The third kappa shape index (κ3) is 5.01. The van der Waals surface area contributed by atoms with Crippen molar-refractivity contribution in [3.63, 3.8) is 0 Å². The molecule has 2 aliphatic carbocycles. The number of fused-ring (bicyclic) bond motifs is 4. The van der Waals surface area contributed by atoms with Crippen molar-refractivity contribution in [1.82, 2.24) is 9.55 Å². The highest BCUT2D eigenvalue weighted by Gasteiger charge is 2.43. The number of amides is 1. The summed E-state index contributed by atoms with van der Waals surface area (Å²) >= 11 is 1.24. The Kier molecular flexibility index (Phi) is 7.58. The second kappa shape index (κ2) is 11.4. The van der Waals surface area contributed by atoms with Crippen molar-refractivity contribution in [2.24, 2.45) is 0 Å². The first-order chi connectivity index (χ1) is 20.0. The summed E-state index contributed by atoms with van der Waals surface area (Å²) in [5.41, 5.74) is 4.66. The molecule has 6 rings (SSSR count). The predicted octanol–water partition coefficient (Wildman–Crippen LogP) is 6.41. The van der Waals surface area contributed by atoms with Crippen LogP contribution in [-0.4, -0.2) is 35.4 Å². The third-order valence-corrected chi connectivity index (χ3v) is 9.17. The smallest absolute Gasteiger partial charge is 0.263 e. The van der Waals surface area contributed by atoms with E-state index >= 15 is 0 Å². The Morgan fingerprint density at radius 1 is 0.927 bits per heavy atom. The lowest BCUT2D eigenvalue weighted by atomic mass is 9.62. The minimum absolute atomic E-state index is 0.0607. The number of methoxy groups -OCH3 is 2. The minimum Gasteiger partial charge on any atom is -0.495 e. The van der Waals surface area contributed by atoms with Gasteiger partial charge in [-0.15, -0.1) is 0 Å². The van der Waals surface area contributed by atoms with E-state index in [1.807, 2.05) is 42.5 Å². The van der Waals surface area contributed by atoms with Gasteiger partial charge in [0.05, 0.1) is 42.6 Å². The molecule has 0 atom stereocenters. The Morgan fingerprint density at radius 3 is 2.39 bits per heavy atom. The topological polar surface area (TPSA) is 82.5 Å². The van der Waals surface area contributed by atoms with Crippen LogP contribution in [-0.2, 0) is 16.6 Å². The Bertz CT molecular complexity index is 1660. The SMILES string of the molecule is COc1ccccc1NC(=O)CSc1nc2c(c(=O)n1-c1ccccc1OC)C1(CCCCC1)Cc1ccccc1-2. The normalized spacial score (nSPS) is 15.1. The van der Waals surface area contributed by atoms with E-state index in [-0.39, 0.29) is 22.6 Å². The molecule has 41 heavy (non-hydrogen) atoms. The van der Waals surface area contributed by atoms with Gasteiger partial charge in [0, 0.05) is 11.0 Å². The lowest BCUT2D eigenvalue weighted by Gasteiger charge is -2.42. The zero-order valence-electron chi connectivity index (χ0n) is 23.3. The summed E-state index contributed by atoms with van der Waals surface area (Å²) < 4.78 is 12.7. The van der Waals surface area contributed by atoms with Crippen LogP contribution in [0.3, 0.4) is 0 Å². The van der Waals surface area contributed by atoms with Crippen molar-refractivity contribution in [3.05, 3.63) is 94.3 Å². The van der Waals surface area contributed by atoms with Crippen molar-refractivity contribution < 1.29 is 14.3 Å². The van der Waals surface area contributed by atoms with Gasteiger partial charge in [-0.05, 0) is 49.1 Å². The Balaban J connectivity index is 1.48. The van der Waals surface area contributed by atoms with Crippen LogP contribution in [0.4, 0.5) is 5.69 Å². The van der Waals surface area contributed by atoms with Crippen LogP contribution in [0.1, 0.15) is 43.2 Å². The molecule has 0 unspecified atom stereocenters. The number of nitrogens with one attached hydrogen (secondary N) is 1. The van der Waals surface area contributed by atoms with Crippen LogP contribution >= 0.6 is 11.8 Å². The summed E-state index contributed by atoms with van der Waals surface area (Å²) in [7, 11) is 3.17. The molecule has 210 valence electrons.